The number of hydrogen-bond donors (Lipinski definition) is 0. The lowest BCUT2D eigenvalue weighted by Gasteiger charge is -2.12. The molecule has 0 N–H and O–H groups in total. The van der Waals surface area contributed by atoms with Crippen LogP contribution in [0.2, 0.25) is 0 Å². The standard InChI is InChI=1S/C16H19N5O5S/c1-10(2)14-12(7-17-16-18-9-19-21(14)16)15(22)25-8-11-5-6-13(26-11)27(23,24)20(3)4/h5-7,9-10H,8H2,1-4H3. The molecule has 0 spiro atoms. The Kier molecular flexibility index (Phi) is 4.98. The van der Waals surface area contributed by atoms with Crippen molar-refractivity contribution < 1.29 is 22.4 Å². The third-order valence-electron chi connectivity index (χ3n) is 3.83. The monoisotopic (exact) mass is 393 g/mol. The number of carbonyl (C=O) groups is 1. The normalized spacial score (nSPS) is 12.2. The van der Waals surface area contributed by atoms with E-state index in [-0.39, 0.29) is 28.9 Å². The Labute approximate surface area is 155 Å². The zero-order valence-electron chi connectivity index (χ0n) is 15.3. The molecular weight excluding hydrogens is 374 g/mol. The van der Waals surface area contributed by atoms with Gasteiger partial charge in [0.05, 0.1) is 11.3 Å². The summed E-state index contributed by atoms with van der Waals surface area (Å²) in [6.07, 6.45) is 2.75. The van der Waals surface area contributed by atoms with Crippen molar-refractivity contribution >= 4 is 21.8 Å². The highest BCUT2D eigenvalue weighted by molar-refractivity contribution is 7.88. The van der Waals surface area contributed by atoms with Gasteiger partial charge in [-0.3, -0.25) is 0 Å². The molecule has 0 aliphatic heterocycles. The first-order valence-electron chi connectivity index (χ1n) is 8.08. The largest absolute Gasteiger partial charge is 0.454 e. The molecule has 0 aliphatic rings. The molecule has 0 amide bonds. The minimum atomic E-state index is -3.69. The van der Waals surface area contributed by atoms with E-state index >= 15 is 0 Å². The van der Waals surface area contributed by atoms with Crippen LogP contribution in [-0.2, 0) is 21.4 Å². The molecular formula is C16H19N5O5S. The topological polar surface area (TPSA) is 120 Å². The van der Waals surface area contributed by atoms with Crippen molar-refractivity contribution in [3.8, 4) is 0 Å². The number of nitrogens with zero attached hydrogens (tertiary/aromatic N) is 5. The second-order valence-electron chi connectivity index (χ2n) is 6.27. The predicted octanol–water partition coefficient (Wildman–Crippen LogP) is 1.45. The van der Waals surface area contributed by atoms with Gasteiger partial charge < -0.3 is 9.15 Å². The average molecular weight is 393 g/mol. The van der Waals surface area contributed by atoms with E-state index in [0.29, 0.717) is 11.5 Å². The molecule has 0 saturated heterocycles. The molecule has 3 heterocycles. The Morgan fingerprint density at radius 3 is 2.70 bits per heavy atom. The summed E-state index contributed by atoms with van der Waals surface area (Å²) in [6, 6.07) is 2.77. The van der Waals surface area contributed by atoms with Crippen LogP contribution in [0.25, 0.3) is 5.78 Å². The SMILES string of the molecule is CC(C)c1c(C(=O)OCc2ccc(S(=O)(=O)N(C)C)o2)cnc2ncnn12. The molecule has 0 fully saturated rings. The van der Waals surface area contributed by atoms with E-state index in [9.17, 15) is 13.2 Å². The fraction of sp³-hybridized carbons (Fsp3) is 0.375. The Bertz CT molecular complexity index is 1080. The maximum Gasteiger partial charge on any atom is 0.342 e. The van der Waals surface area contributed by atoms with Crippen LogP contribution in [0.5, 0.6) is 0 Å². The molecule has 3 rings (SSSR count). The van der Waals surface area contributed by atoms with E-state index in [1.807, 2.05) is 13.8 Å². The molecule has 3 aromatic heterocycles. The van der Waals surface area contributed by atoms with Gasteiger partial charge in [0.1, 0.15) is 18.7 Å². The van der Waals surface area contributed by atoms with Gasteiger partial charge >= 0.3 is 5.97 Å². The quantitative estimate of drug-likeness (QED) is 0.577. The lowest BCUT2D eigenvalue weighted by Crippen LogP contribution is -2.21. The van der Waals surface area contributed by atoms with E-state index in [2.05, 4.69) is 15.1 Å². The number of fused-ring (bicyclic) bond motifs is 1. The van der Waals surface area contributed by atoms with Gasteiger partial charge in [0.15, 0.2) is 0 Å². The molecule has 0 unspecified atom stereocenters. The van der Waals surface area contributed by atoms with Crippen LogP contribution >= 0.6 is 0 Å². The van der Waals surface area contributed by atoms with Gasteiger partial charge in [-0.1, -0.05) is 13.8 Å². The van der Waals surface area contributed by atoms with Gasteiger partial charge in [0.25, 0.3) is 15.8 Å². The van der Waals surface area contributed by atoms with Crippen LogP contribution in [0.4, 0.5) is 0 Å². The minimum absolute atomic E-state index is 0.0276. The van der Waals surface area contributed by atoms with Crippen molar-refractivity contribution in [3.05, 3.63) is 41.7 Å². The van der Waals surface area contributed by atoms with Crippen molar-refractivity contribution in [1.29, 1.82) is 0 Å². The first-order valence-corrected chi connectivity index (χ1v) is 9.53. The Balaban J connectivity index is 1.80. The first kappa shape index (κ1) is 19.0. The minimum Gasteiger partial charge on any atom is -0.454 e. The van der Waals surface area contributed by atoms with Crippen LogP contribution in [0.15, 0.2) is 34.2 Å². The molecule has 0 aromatic carbocycles. The van der Waals surface area contributed by atoms with Crippen molar-refractivity contribution in [1.82, 2.24) is 23.9 Å². The number of esters is 1. The fourth-order valence-corrected chi connectivity index (χ4v) is 3.29. The number of aromatic nitrogens is 4. The van der Waals surface area contributed by atoms with Crippen molar-refractivity contribution in [3.63, 3.8) is 0 Å². The van der Waals surface area contributed by atoms with E-state index in [0.717, 1.165) is 4.31 Å². The lowest BCUT2D eigenvalue weighted by molar-refractivity contribution is 0.0437. The summed E-state index contributed by atoms with van der Waals surface area (Å²) in [4.78, 5) is 20.6. The first-order chi connectivity index (χ1) is 12.7. The summed E-state index contributed by atoms with van der Waals surface area (Å²) in [6.45, 7) is 3.62. The summed E-state index contributed by atoms with van der Waals surface area (Å²) < 4.78 is 37.1. The predicted molar refractivity (Wildman–Crippen MR) is 93.6 cm³/mol. The molecule has 144 valence electrons. The van der Waals surface area contributed by atoms with Crippen molar-refractivity contribution in [2.45, 2.75) is 31.5 Å². The average Bonchev–Trinajstić information content (AvgIpc) is 3.27. The molecule has 0 atom stereocenters. The summed E-state index contributed by atoms with van der Waals surface area (Å²) in [5.41, 5.74) is 0.883. The molecule has 0 saturated carbocycles. The number of ether oxygens (including phenoxy) is 1. The van der Waals surface area contributed by atoms with Gasteiger partial charge in [0.2, 0.25) is 5.09 Å². The number of sulfonamides is 1. The zero-order valence-corrected chi connectivity index (χ0v) is 16.1. The zero-order chi connectivity index (χ0) is 19.8. The van der Waals surface area contributed by atoms with Gasteiger partial charge in [-0.25, -0.2) is 27.0 Å². The van der Waals surface area contributed by atoms with E-state index < -0.39 is 16.0 Å². The highest BCUT2D eigenvalue weighted by Gasteiger charge is 2.23. The number of rotatable bonds is 6. The molecule has 27 heavy (non-hydrogen) atoms. The van der Waals surface area contributed by atoms with Gasteiger partial charge in [0, 0.05) is 20.3 Å². The van der Waals surface area contributed by atoms with E-state index in [4.69, 9.17) is 9.15 Å². The van der Waals surface area contributed by atoms with Gasteiger partial charge in [-0.15, -0.1) is 0 Å². The summed E-state index contributed by atoms with van der Waals surface area (Å²) in [5.74, 6) is -0.0401. The highest BCUT2D eigenvalue weighted by atomic mass is 32.2. The Morgan fingerprint density at radius 1 is 1.30 bits per heavy atom. The second-order valence-corrected chi connectivity index (χ2v) is 8.35. The maximum absolute atomic E-state index is 12.5. The van der Waals surface area contributed by atoms with Crippen molar-refractivity contribution in [2.75, 3.05) is 14.1 Å². The van der Waals surface area contributed by atoms with Crippen molar-refractivity contribution in [2.24, 2.45) is 0 Å². The highest BCUT2D eigenvalue weighted by Crippen LogP contribution is 2.21. The van der Waals surface area contributed by atoms with Crippen LogP contribution in [0.3, 0.4) is 0 Å². The summed E-state index contributed by atoms with van der Waals surface area (Å²) >= 11 is 0. The Morgan fingerprint density at radius 2 is 2.04 bits per heavy atom. The van der Waals surface area contributed by atoms with Gasteiger partial charge in [-0.2, -0.15) is 10.1 Å². The smallest absolute Gasteiger partial charge is 0.342 e. The maximum atomic E-state index is 12.5. The van der Waals surface area contributed by atoms with E-state index in [1.165, 1.54) is 43.3 Å². The molecule has 0 bridgehead atoms. The fourth-order valence-electron chi connectivity index (χ4n) is 2.48. The number of carbonyl (C=O) groups excluding carboxylic acids is 1. The third-order valence-corrected chi connectivity index (χ3v) is 5.52. The number of furan rings is 1. The molecule has 0 radical (unpaired) electrons. The molecule has 3 aromatic rings. The van der Waals surface area contributed by atoms with Crippen LogP contribution in [0, 0.1) is 0 Å². The van der Waals surface area contributed by atoms with Crippen LogP contribution in [0.1, 0.15) is 41.6 Å². The van der Waals surface area contributed by atoms with E-state index in [1.54, 1.807) is 0 Å². The lowest BCUT2D eigenvalue weighted by atomic mass is 10.1. The Hall–Kier alpha value is -2.79. The number of hydrogen-bond acceptors (Lipinski definition) is 8. The molecule has 11 heteroatoms. The summed E-state index contributed by atoms with van der Waals surface area (Å²) in [7, 11) is -0.883. The third kappa shape index (κ3) is 3.55. The molecule has 10 nitrogen and oxygen atoms in total. The van der Waals surface area contributed by atoms with Gasteiger partial charge in [-0.05, 0) is 18.1 Å². The second kappa shape index (κ2) is 7.08. The van der Waals surface area contributed by atoms with Crippen LogP contribution in [-0.4, -0.2) is 52.4 Å². The summed E-state index contributed by atoms with van der Waals surface area (Å²) in [5, 5.41) is 3.88. The van der Waals surface area contributed by atoms with Crippen LogP contribution < -0.4 is 0 Å². The molecule has 0 aliphatic carbocycles.